The van der Waals surface area contributed by atoms with Crippen LogP contribution in [0.1, 0.15) is 17.5 Å². The zero-order valence-electron chi connectivity index (χ0n) is 15.9. The van der Waals surface area contributed by atoms with Crippen molar-refractivity contribution in [3.05, 3.63) is 58.4 Å². The molecule has 0 saturated carbocycles. The average molecular weight is 392 g/mol. The Morgan fingerprint density at radius 2 is 1.89 bits per heavy atom. The minimum atomic E-state index is 0.490. The molecular weight excluding hydrogens is 372 g/mol. The summed E-state index contributed by atoms with van der Waals surface area (Å²) in [5.74, 6) is 2.04. The molecule has 0 unspecified atom stereocenters. The largest absolute Gasteiger partial charge is 0.493 e. The van der Waals surface area contributed by atoms with E-state index in [1.165, 1.54) is 11.3 Å². The van der Waals surface area contributed by atoms with Gasteiger partial charge in [0.05, 0.1) is 32.1 Å². The van der Waals surface area contributed by atoms with Gasteiger partial charge in [-0.15, -0.1) is 11.3 Å². The van der Waals surface area contributed by atoms with Crippen molar-refractivity contribution in [2.24, 2.45) is 0 Å². The molecule has 0 amide bonds. The summed E-state index contributed by atoms with van der Waals surface area (Å²) in [6.07, 6.45) is 1.81. The van der Waals surface area contributed by atoms with Gasteiger partial charge in [-0.25, -0.2) is 4.98 Å². The van der Waals surface area contributed by atoms with Gasteiger partial charge in [0.15, 0.2) is 11.5 Å². The number of methoxy groups -OCH3 is 2. The van der Waals surface area contributed by atoms with Crippen molar-refractivity contribution in [2.45, 2.75) is 6.92 Å². The van der Waals surface area contributed by atoms with E-state index in [-0.39, 0.29) is 0 Å². The summed E-state index contributed by atoms with van der Waals surface area (Å²) < 4.78 is 16.3. The second-order valence-electron chi connectivity index (χ2n) is 5.75. The van der Waals surface area contributed by atoms with Crippen molar-refractivity contribution in [1.29, 1.82) is 5.26 Å². The van der Waals surface area contributed by atoms with Gasteiger partial charge in [-0.2, -0.15) is 5.26 Å². The van der Waals surface area contributed by atoms with Gasteiger partial charge in [0.1, 0.15) is 16.8 Å². The number of hydrogen-bond acceptors (Lipinski definition) is 6. The van der Waals surface area contributed by atoms with Crippen LogP contribution < -0.4 is 14.2 Å². The summed E-state index contributed by atoms with van der Waals surface area (Å²) in [5.41, 5.74) is 3.01. The summed E-state index contributed by atoms with van der Waals surface area (Å²) >= 11 is 1.42. The molecule has 0 radical (unpaired) electrons. The summed E-state index contributed by atoms with van der Waals surface area (Å²) in [6, 6.07) is 15.5. The van der Waals surface area contributed by atoms with Gasteiger partial charge in [-0.3, -0.25) is 0 Å². The van der Waals surface area contributed by atoms with E-state index in [2.05, 4.69) is 11.1 Å². The Labute approximate surface area is 168 Å². The molecule has 0 fully saturated rings. The molecule has 0 aliphatic heterocycles. The molecule has 2 aromatic carbocycles. The molecule has 0 atom stereocenters. The smallest absolute Gasteiger partial charge is 0.161 e. The Morgan fingerprint density at radius 1 is 1.11 bits per heavy atom. The zero-order valence-corrected chi connectivity index (χ0v) is 16.7. The fraction of sp³-hybridized carbons (Fsp3) is 0.182. The van der Waals surface area contributed by atoms with Crippen LogP contribution in [0, 0.1) is 11.3 Å². The predicted molar refractivity (Wildman–Crippen MR) is 112 cm³/mol. The number of hydrogen-bond donors (Lipinski definition) is 0. The maximum Gasteiger partial charge on any atom is 0.161 e. The minimum Gasteiger partial charge on any atom is -0.493 e. The number of rotatable bonds is 7. The van der Waals surface area contributed by atoms with Crippen LogP contribution in [0.5, 0.6) is 17.2 Å². The first-order valence-corrected chi connectivity index (χ1v) is 9.60. The van der Waals surface area contributed by atoms with E-state index >= 15 is 0 Å². The first-order valence-electron chi connectivity index (χ1n) is 8.72. The molecule has 3 rings (SSSR count). The van der Waals surface area contributed by atoms with Crippen LogP contribution in [-0.2, 0) is 0 Å². The lowest BCUT2D eigenvalue weighted by Gasteiger charge is -2.08. The molecule has 0 bridgehead atoms. The van der Waals surface area contributed by atoms with Crippen LogP contribution in [0.3, 0.4) is 0 Å². The van der Waals surface area contributed by atoms with Crippen molar-refractivity contribution >= 4 is 23.0 Å². The van der Waals surface area contributed by atoms with Crippen LogP contribution >= 0.6 is 11.3 Å². The topological polar surface area (TPSA) is 64.4 Å². The summed E-state index contributed by atoms with van der Waals surface area (Å²) in [7, 11) is 3.20. The van der Waals surface area contributed by atoms with Gasteiger partial charge in [-0.05, 0) is 37.3 Å². The highest BCUT2D eigenvalue weighted by Gasteiger charge is 2.12. The normalized spacial score (nSPS) is 11.0. The molecule has 0 spiro atoms. The van der Waals surface area contributed by atoms with E-state index in [0.29, 0.717) is 28.7 Å². The van der Waals surface area contributed by atoms with E-state index < -0.39 is 0 Å². The molecule has 1 aromatic heterocycles. The Bertz CT molecular complexity index is 1030. The summed E-state index contributed by atoms with van der Waals surface area (Å²) in [6.45, 7) is 2.50. The van der Waals surface area contributed by atoms with Crippen molar-refractivity contribution in [3.63, 3.8) is 0 Å². The standard InChI is InChI=1S/C22H20N2O3S/c1-4-27-19-8-6-5-7-16(19)11-17(13-23)22-24-18(14-28-22)15-9-10-20(25-2)21(12-15)26-3/h5-12,14H,4H2,1-3H3. The number of allylic oxidation sites excluding steroid dienone is 1. The predicted octanol–water partition coefficient (Wildman–Crippen LogP) is 5.29. The molecule has 0 N–H and O–H groups in total. The maximum atomic E-state index is 9.66. The van der Waals surface area contributed by atoms with Crippen LogP contribution in [0.15, 0.2) is 47.8 Å². The fourth-order valence-electron chi connectivity index (χ4n) is 2.71. The summed E-state index contributed by atoms with van der Waals surface area (Å²) in [5, 5.41) is 12.2. The SMILES string of the molecule is CCOc1ccccc1C=C(C#N)c1nc(-c2ccc(OC)c(OC)c2)cs1. The first-order chi connectivity index (χ1) is 13.7. The number of benzene rings is 2. The highest BCUT2D eigenvalue weighted by molar-refractivity contribution is 7.11. The number of nitrogens with zero attached hydrogens (tertiary/aromatic N) is 2. The molecule has 0 aliphatic carbocycles. The van der Waals surface area contributed by atoms with Gasteiger partial charge < -0.3 is 14.2 Å². The highest BCUT2D eigenvalue weighted by atomic mass is 32.1. The molecule has 0 saturated heterocycles. The lowest BCUT2D eigenvalue weighted by Crippen LogP contribution is -1.93. The molecule has 6 heteroatoms. The second kappa shape index (κ2) is 9.07. The van der Waals surface area contributed by atoms with Gasteiger partial charge in [0.2, 0.25) is 0 Å². The number of nitriles is 1. The Hall–Kier alpha value is -3.30. The third-order valence-electron chi connectivity index (χ3n) is 4.05. The van der Waals surface area contributed by atoms with E-state index in [1.54, 1.807) is 14.2 Å². The van der Waals surface area contributed by atoms with Gasteiger partial charge >= 0.3 is 0 Å². The maximum absolute atomic E-state index is 9.66. The molecule has 3 aromatic rings. The number of para-hydroxylation sites is 1. The van der Waals surface area contributed by atoms with Gasteiger partial charge in [0, 0.05) is 16.5 Å². The molecule has 5 nitrogen and oxygen atoms in total. The molecule has 0 aliphatic rings. The Balaban J connectivity index is 1.95. The molecule has 28 heavy (non-hydrogen) atoms. The number of ether oxygens (including phenoxy) is 3. The van der Waals surface area contributed by atoms with Crippen molar-refractivity contribution in [3.8, 4) is 34.6 Å². The highest BCUT2D eigenvalue weighted by Crippen LogP contribution is 2.34. The Morgan fingerprint density at radius 3 is 2.61 bits per heavy atom. The third kappa shape index (κ3) is 4.16. The van der Waals surface area contributed by atoms with Crippen LogP contribution in [-0.4, -0.2) is 25.8 Å². The molecule has 142 valence electrons. The summed E-state index contributed by atoms with van der Waals surface area (Å²) in [4.78, 5) is 4.64. The van der Waals surface area contributed by atoms with Crippen LogP contribution in [0.4, 0.5) is 0 Å². The van der Waals surface area contributed by atoms with Gasteiger partial charge in [0.25, 0.3) is 0 Å². The van der Waals surface area contributed by atoms with E-state index in [1.807, 2.05) is 60.8 Å². The average Bonchev–Trinajstić information content (AvgIpc) is 3.22. The quantitative estimate of drug-likeness (QED) is 0.511. The van der Waals surface area contributed by atoms with Crippen molar-refractivity contribution in [2.75, 3.05) is 20.8 Å². The third-order valence-corrected chi connectivity index (χ3v) is 4.93. The molecular formula is C22H20N2O3S. The Kier molecular flexibility index (Phi) is 6.30. The van der Waals surface area contributed by atoms with Crippen molar-refractivity contribution < 1.29 is 14.2 Å². The van der Waals surface area contributed by atoms with Crippen LogP contribution in [0.25, 0.3) is 22.9 Å². The van der Waals surface area contributed by atoms with E-state index in [4.69, 9.17) is 14.2 Å². The second-order valence-corrected chi connectivity index (χ2v) is 6.61. The number of aromatic nitrogens is 1. The lowest BCUT2D eigenvalue weighted by atomic mass is 10.1. The van der Waals surface area contributed by atoms with E-state index in [0.717, 1.165) is 22.6 Å². The lowest BCUT2D eigenvalue weighted by molar-refractivity contribution is 0.339. The molecule has 1 heterocycles. The zero-order chi connectivity index (χ0) is 19.9. The minimum absolute atomic E-state index is 0.490. The monoisotopic (exact) mass is 392 g/mol. The van der Waals surface area contributed by atoms with Gasteiger partial charge in [-0.1, -0.05) is 18.2 Å². The van der Waals surface area contributed by atoms with Crippen LogP contribution in [0.2, 0.25) is 0 Å². The number of thiazole rings is 1. The van der Waals surface area contributed by atoms with E-state index in [9.17, 15) is 5.26 Å². The fourth-order valence-corrected chi connectivity index (χ4v) is 3.50. The van der Waals surface area contributed by atoms with Crippen molar-refractivity contribution in [1.82, 2.24) is 4.98 Å². The first kappa shape index (κ1) is 19.5.